The largest absolute Gasteiger partial charge is 0.492 e. The zero-order chi connectivity index (χ0) is 18.9. The normalized spacial score (nSPS) is 10.8. The average molecular weight is 364 g/mol. The van der Waals surface area contributed by atoms with Gasteiger partial charge in [-0.15, -0.1) is 0 Å². The molecule has 0 spiro atoms. The number of aryl methyl sites for hydroxylation is 1. The van der Waals surface area contributed by atoms with E-state index in [4.69, 9.17) is 4.74 Å². The van der Waals surface area contributed by atoms with Gasteiger partial charge < -0.3 is 14.8 Å². The van der Waals surface area contributed by atoms with Crippen molar-refractivity contribution >= 4 is 11.6 Å². The number of para-hydroxylation sites is 2. The number of carbonyl (C=O) groups excluding carboxylic acids is 1. The number of likely N-dealkylation sites (N-methyl/N-ethyl adjacent to an activating group) is 1. The number of hydrogen-bond donors (Lipinski definition) is 1. The lowest BCUT2D eigenvalue weighted by molar-refractivity contribution is -0.117. The first-order valence-electron chi connectivity index (χ1n) is 8.16. The molecular formula is C19H22F2N2O3. The first-order valence-corrected chi connectivity index (χ1v) is 8.16. The minimum atomic E-state index is -2.95. The number of nitrogens with one attached hydrogen (secondary N) is 1. The molecule has 140 valence electrons. The Bertz CT molecular complexity index is 725. The number of amides is 1. The summed E-state index contributed by atoms with van der Waals surface area (Å²) in [5.74, 6) is 0.385. The van der Waals surface area contributed by atoms with Crippen LogP contribution < -0.4 is 14.8 Å². The van der Waals surface area contributed by atoms with E-state index in [-0.39, 0.29) is 23.9 Å². The third kappa shape index (κ3) is 6.68. The second-order valence-corrected chi connectivity index (χ2v) is 5.83. The van der Waals surface area contributed by atoms with E-state index >= 15 is 0 Å². The molecule has 0 aliphatic rings. The molecule has 7 heteroatoms. The molecule has 26 heavy (non-hydrogen) atoms. The van der Waals surface area contributed by atoms with Crippen LogP contribution in [0.3, 0.4) is 0 Å². The summed E-state index contributed by atoms with van der Waals surface area (Å²) in [4.78, 5) is 13.9. The van der Waals surface area contributed by atoms with E-state index in [2.05, 4.69) is 10.1 Å². The molecule has 0 aromatic heterocycles. The van der Waals surface area contributed by atoms with Gasteiger partial charge in [0.05, 0.1) is 12.2 Å². The summed E-state index contributed by atoms with van der Waals surface area (Å²) in [6.07, 6.45) is 0. The lowest BCUT2D eigenvalue weighted by Crippen LogP contribution is -2.33. The van der Waals surface area contributed by atoms with Gasteiger partial charge in [-0.25, -0.2) is 0 Å². The van der Waals surface area contributed by atoms with Crippen LogP contribution in [-0.4, -0.2) is 44.2 Å². The molecule has 0 aliphatic carbocycles. The van der Waals surface area contributed by atoms with Gasteiger partial charge in [0.25, 0.3) is 0 Å². The zero-order valence-corrected chi connectivity index (χ0v) is 14.7. The number of alkyl halides is 2. The first-order chi connectivity index (χ1) is 12.4. The second kappa shape index (κ2) is 9.72. The Morgan fingerprint density at radius 1 is 1.19 bits per heavy atom. The lowest BCUT2D eigenvalue weighted by atomic mass is 10.2. The summed E-state index contributed by atoms with van der Waals surface area (Å²) in [5.41, 5.74) is 1.32. The monoisotopic (exact) mass is 364 g/mol. The van der Waals surface area contributed by atoms with Gasteiger partial charge in [0, 0.05) is 6.54 Å². The van der Waals surface area contributed by atoms with Gasteiger partial charge in [-0.2, -0.15) is 8.78 Å². The Labute approximate surface area is 151 Å². The van der Waals surface area contributed by atoms with Gasteiger partial charge in [0.15, 0.2) is 0 Å². The summed E-state index contributed by atoms with van der Waals surface area (Å²) >= 11 is 0. The molecule has 0 saturated carbocycles. The molecule has 0 heterocycles. The predicted octanol–water partition coefficient (Wildman–Crippen LogP) is 3.55. The van der Waals surface area contributed by atoms with Crippen LogP contribution in [0.15, 0.2) is 48.5 Å². The maximum absolute atomic E-state index is 12.4. The highest BCUT2D eigenvalue weighted by molar-refractivity contribution is 5.93. The highest BCUT2D eigenvalue weighted by Gasteiger charge is 2.13. The van der Waals surface area contributed by atoms with E-state index < -0.39 is 6.61 Å². The van der Waals surface area contributed by atoms with Crippen molar-refractivity contribution < 1.29 is 23.0 Å². The Balaban J connectivity index is 1.78. The van der Waals surface area contributed by atoms with Gasteiger partial charge >= 0.3 is 6.61 Å². The van der Waals surface area contributed by atoms with Gasteiger partial charge in [0.2, 0.25) is 5.91 Å². The van der Waals surface area contributed by atoms with Crippen LogP contribution in [-0.2, 0) is 4.79 Å². The fraction of sp³-hybridized carbons (Fsp3) is 0.316. The standard InChI is InChI=1S/C19H22F2N2O3/c1-14-6-5-7-15(12-14)25-11-10-23(2)13-18(24)22-16-8-3-4-9-17(16)26-19(20)21/h3-9,12,19H,10-11,13H2,1-2H3,(H,22,24). The number of hydrogen-bond acceptors (Lipinski definition) is 4. The number of rotatable bonds is 9. The summed E-state index contributed by atoms with van der Waals surface area (Å²) in [5, 5.41) is 2.58. The average Bonchev–Trinajstić information content (AvgIpc) is 2.56. The maximum Gasteiger partial charge on any atom is 0.387 e. The Morgan fingerprint density at radius 2 is 1.96 bits per heavy atom. The second-order valence-electron chi connectivity index (χ2n) is 5.83. The SMILES string of the molecule is Cc1cccc(OCCN(C)CC(=O)Nc2ccccc2OC(F)F)c1. The van der Waals surface area contributed by atoms with E-state index in [9.17, 15) is 13.6 Å². The van der Waals surface area contributed by atoms with Crippen molar-refractivity contribution in [3.8, 4) is 11.5 Å². The van der Waals surface area contributed by atoms with Crippen LogP contribution in [0, 0.1) is 6.92 Å². The van der Waals surface area contributed by atoms with Gasteiger partial charge in [-0.1, -0.05) is 24.3 Å². The topological polar surface area (TPSA) is 50.8 Å². The smallest absolute Gasteiger partial charge is 0.387 e. The van der Waals surface area contributed by atoms with Gasteiger partial charge in [0.1, 0.15) is 18.1 Å². The molecule has 0 atom stereocenters. The van der Waals surface area contributed by atoms with Crippen molar-refractivity contribution in [1.82, 2.24) is 4.90 Å². The Morgan fingerprint density at radius 3 is 2.69 bits per heavy atom. The van der Waals surface area contributed by atoms with E-state index in [0.717, 1.165) is 11.3 Å². The molecule has 2 aromatic rings. The number of anilines is 1. The van der Waals surface area contributed by atoms with Crippen LogP contribution in [0.2, 0.25) is 0 Å². The number of benzene rings is 2. The first kappa shape index (κ1) is 19.7. The lowest BCUT2D eigenvalue weighted by Gasteiger charge is -2.17. The molecule has 0 saturated heterocycles. The highest BCUT2D eigenvalue weighted by Crippen LogP contribution is 2.25. The third-order valence-electron chi connectivity index (χ3n) is 3.52. The van der Waals surface area contributed by atoms with Crippen LogP contribution >= 0.6 is 0 Å². The molecule has 1 N–H and O–H groups in total. The molecule has 2 rings (SSSR count). The van der Waals surface area contributed by atoms with E-state index in [0.29, 0.717) is 13.2 Å². The van der Waals surface area contributed by atoms with Gasteiger partial charge in [-0.3, -0.25) is 9.69 Å². The molecule has 1 amide bonds. The van der Waals surface area contributed by atoms with Crippen LogP contribution in [0.4, 0.5) is 14.5 Å². The molecule has 0 fully saturated rings. The minimum Gasteiger partial charge on any atom is -0.492 e. The van der Waals surface area contributed by atoms with Crippen LogP contribution in [0.5, 0.6) is 11.5 Å². The van der Waals surface area contributed by atoms with Crippen LogP contribution in [0.25, 0.3) is 0 Å². The van der Waals surface area contributed by atoms with Crippen LogP contribution in [0.1, 0.15) is 5.56 Å². The predicted molar refractivity (Wildman–Crippen MR) is 95.9 cm³/mol. The Kier molecular flexibility index (Phi) is 7.35. The van der Waals surface area contributed by atoms with Crippen molar-refractivity contribution in [2.75, 3.05) is 32.1 Å². The highest BCUT2D eigenvalue weighted by atomic mass is 19.3. The van der Waals surface area contributed by atoms with E-state index in [1.165, 1.54) is 12.1 Å². The summed E-state index contributed by atoms with van der Waals surface area (Å²) < 4.78 is 34.8. The summed E-state index contributed by atoms with van der Waals surface area (Å²) in [7, 11) is 1.78. The number of ether oxygens (including phenoxy) is 2. The fourth-order valence-corrected chi connectivity index (χ4v) is 2.31. The molecule has 0 aliphatic heterocycles. The van der Waals surface area contributed by atoms with Gasteiger partial charge in [-0.05, 0) is 43.8 Å². The van der Waals surface area contributed by atoms with Crippen molar-refractivity contribution in [2.45, 2.75) is 13.5 Å². The van der Waals surface area contributed by atoms with Crippen molar-refractivity contribution in [2.24, 2.45) is 0 Å². The maximum atomic E-state index is 12.4. The number of nitrogens with zero attached hydrogens (tertiary/aromatic N) is 1. The van der Waals surface area contributed by atoms with Crippen molar-refractivity contribution in [3.63, 3.8) is 0 Å². The third-order valence-corrected chi connectivity index (χ3v) is 3.52. The molecule has 5 nitrogen and oxygen atoms in total. The molecule has 2 aromatic carbocycles. The summed E-state index contributed by atoms with van der Waals surface area (Å²) in [6.45, 7) is 0.100. The fourth-order valence-electron chi connectivity index (χ4n) is 2.31. The Hall–Kier alpha value is -2.67. The number of carbonyl (C=O) groups is 1. The molecule has 0 unspecified atom stereocenters. The van der Waals surface area contributed by atoms with E-state index in [1.54, 1.807) is 24.1 Å². The van der Waals surface area contributed by atoms with Crippen molar-refractivity contribution in [1.29, 1.82) is 0 Å². The van der Waals surface area contributed by atoms with E-state index in [1.807, 2.05) is 31.2 Å². The molecule has 0 radical (unpaired) electrons. The van der Waals surface area contributed by atoms with Crippen molar-refractivity contribution in [3.05, 3.63) is 54.1 Å². The molecular weight excluding hydrogens is 342 g/mol. The number of halogens is 2. The zero-order valence-electron chi connectivity index (χ0n) is 14.7. The summed E-state index contributed by atoms with van der Waals surface area (Å²) in [6, 6.07) is 13.8. The quantitative estimate of drug-likeness (QED) is 0.739. The molecule has 0 bridgehead atoms. The minimum absolute atomic E-state index is 0.0683.